The van der Waals surface area contributed by atoms with Crippen LogP contribution < -0.4 is 0 Å². The molecule has 0 atom stereocenters. The lowest BCUT2D eigenvalue weighted by atomic mass is 9.99. The fourth-order valence-corrected chi connectivity index (χ4v) is 2.17. The number of fused-ring (bicyclic) bond motifs is 1. The molecule has 0 amide bonds. The molecule has 3 aromatic rings. The van der Waals surface area contributed by atoms with Crippen LogP contribution >= 0.6 is 0 Å². The van der Waals surface area contributed by atoms with E-state index in [1.54, 1.807) is 6.07 Å². The van der Waals surface area contributed by atoms with Gasteiger partial charge in [-0.15, -0.1) is 0 Å². The van der Waals surface area contributed by atoms with Gasteiger partial charge >= 0.3 is 0 Å². The van der Waals surface area contributed by atoms with Crippen LogP contribution in [0.25, 0.3) is 22.0 Å². The molecule has 17 heavy (non-hydrogen) atoms. The fraction of sp³-hybridized carbons (Fsp3) is 0.0667. The van der Waals surface area contributed by atoms with Gasteiger partial charge in [0.1, 0.15) is 5.82 Å². The summed E-state index contributed by atoms with van der Waals surface area (Å²) < 4.78 is 13.9. The van der Waals surface area contributed by atoms with Gasteiger partial charge < -0.3 is 4.98 Å². The summed E-state index contributed by atoms with van der Waals surface area (Å²) in [5, 5.41) is 1.05. The number of hydrogen-bond donors (Lipinski definition) is 1. The minimum absolute atomic E-state index is 0.177. The molecule has 2 heteroatoms. The van der Waals surface area contributed by atoms with Crippen LogP contribution in [0.15, 0.2) is 48.7 Å². The van der Waals surface area contributed by atoms with Gasteiger partial charge in [0.2, 0.25) is 0 Å². The Kier molecular flexibility index (Phi) is 2.22. The van der Waals surface area contributed by atoms with Crippen molar-refractivity contribution in [1.29, 1.82) is 0 Å². The SMILES string of the molecule is Cc1ccc(F)c(-c2cccc3[nH]ccc23)c1. The third-order valence-electron chi connectivity index (χ3n) is 3.01. The zero-order chi connectivity index (χ0) is 11.8. The monoisotopic (exact) mass is 225 g/mol. The van der Waals surface area contributed by atoms with Gasteiger partial charge in [0.25, 0.3) is 0 Å². The van der Waals surface area contributed by atoms with Crippen LogP contribution in [0.2, 0.25) is 0 Å². The van der Waals surface area contributed by atoms with E-state index in [9.17, 15) is 4.39 Å². The number of aromatic nitrogens is 1. The first kappa shape index (κ1) is 10.1. The van der Waals surface area contributed by atoms with E-state index in [1.807, 2.05) is 43.5 Å². The molecular formula is C15H12FN. The lowest BCUT2D eigenvalue weighted by Crippen LogP contribution is -1.86. The summed E-state index contributed by atoms with van der Waals surface area (Å²) in [5.41, 5.74) is 3.69. The average Bonchev–Trinajstić information content (AvgIpc) is 2.80. The number of hydrogen-bond acceptors (Lipinski definition) is 0. The first-order valence-corrected chi connectivity index (χ1v) is 5.58. The maximum atomic E-state index is 13.9. The van der Waals surface area contributed by atoms with E-state index in [-0.39, 0.29) is 5.82 Å². The smallest absolute Gasteiger partial charge is 0.131 e. The summed E-state index contributed by atoms with van der Waals surface area (Å²) in [7, 11) is 0. The minimum atomic E-state index is -0.177. The largest absolute Gasteiger partial charge is 0.361 e. The Bertz CT molecular complexity index is 682. The summed E-state index contributed by atoms with van der Waals surface area (Å²) in [6.45, 7) is 1.97. The highest BCUT2D eigenvalue weighted by Gasteiger charge is 2.09. The molecule has 1 N–H and O–H groups in total. The minimum Gasteiger partial charge on any atom is -0.361 e. The summed E-state index contributed by atoms with van der Waals surface area (Å²) in [6, 6.07) is 13.1. The summed E-state index contributed by atoms with van der Waals surface area (Å²) >= 11 is 0. The second kappa shape index (κ2) is 3.74. The molecule has 1 heterocycles. The van der Waals surface area contributed by atoms with Crippen LogP contribution in [-0.4, -0.2) is 4.98 Å². The van der Waals surface area contributed by atoms with Crippen LogP contribution in [0.4, 0.5) is 4.39 Å². The Labute approximate surface area is 98.9 Å². The van der Waals surface area contributed by atoms with Crippen LogP contribution in [0, 0.1) is 12.7 Å². The molecule has 0 saturated heterocycles. The van der Waals surface area contributed by atoms with Crippen molar-refractivity contribution >= 4 is 10.9 Å². The standard InChI is InChI=1S/C15H12FN/c1-10-5-6-14(16)13(9-10)11-3-2-4-15-12(11)7-8-17-15/h2-9,17H,1H3. The molecule has 0 aliphatic heterocycles. The molecule has 0 saturated carbocycles. The number of nitrogens with one attached hydrogen (secondary N) is 1. The number of benzene rings is 2. The number of rotatable bonds is 1. The number of aromatic amines is 1. The van der Waals surface area contributed by atoms with Crippen molar-refractivity contribution in [2.75, 3.05) is 0 Å². The average molecular weight is 225 g/mol. The molecule has 0 spiro atoms. The number of halogens is 1. The first-order valence-electron chi connectivity index (χ1n) is 5.58. The van der Waals surface area contributed by atoms with E-state index in [0.29, 0.717) is 5.56 Å². The van der Waals surface area contributed by atoms with Crippen molar-refractivity contribution < 1.29 is 4.39 Å². The first-order chi connectivity index (χ1) is 8.25. The highest BCUT2D eigenvalue weighted by atomic mass is 19.1. The number of aryl methyl sites for hydroxylation is 1. The van der Waals surface area contributed by atoms with E-state index in [1.165, 1.54) is 6.07 Å². The molecule has 0 fully saturated rings. The van der Waals surface area contributed by atoms with Gasteiger partial charge in [0.05, 0.1) is 0 Å². The molecule has 0 radical (unpaired) electrons. The van der Waals surface area contributed by atoms with Crippen LogP contribution in [0.5, 0.6) is 0 Å². The molecule has 3 rings (SSSR count). The van der Waals surface area contributed by atoms with Crippen LogP contribution in [0.1, 0.15) is 5.56 Å². The van der Waals surface area contributed by atoms with Gasteiger partial charge in [0, 0.05) is 22.7 Å². The van der Waals surface area contributed by atoms with E-state index in [0.717, 1.165) is 22.0 Å². The van der Waals surface area contributed by atoms with Crippen molar-refractivity contribution in [3.05, 3.63) is 60.0 Å². The Morgan fingerprint density at radius 1 is 1.00 bits per heavy atom. The molecule has 0 bridgehead atoms. The molecule has 0 aliphatic rings. The third-order valence-corrected chi connectivity index (χ3v) is 3.01. The Morgan fingerprint density at radius 2 is 1.88 bits per heavy atom. The quantitative estimate of drug-likeness (QED) is 0.636. The highest BCUT2D eigenvalue weighted by molar-refractivity contribution is 5.95. The lowest BCUT2D eigenvalue weighted by molar-refractivity contribution is 0.631. The Morgan fingerprint density at radius 3 is 2.76 bits per heavy atom. The van der Waals surface area contributed by atoms with Crippen molar-refractivity contribution in [3.63, 3.8) is 0 Å². The maximum Gasteiger partial charge on any atom is 0.131 e. The summed E-state index contributed by atoms with van der Waals surface area (Å²) in [6.07, 6.45) is 1.88. The van der Waals surface area contributed by atoms with E-state index >= 15 is 0 Å². The van der Waals surface area contributed by atoms with Crippen molar-refractivity contribution in [3.8, 4) is 11.1 Å². The summed E-state index contributed by atoms with van der Waals surface area (Å²) in [4.78, 5) is 3.14. The molecule has 0 aliphatic carbocycles. The molecule has 1 aromatic heterocycles. The van der Waals surface area contributed by atoms with Crippen molar-refractivity contribution in [1.82, 2.24) is 4.98 Å². The zero-order valence-corrected chi connectivity index (χ0v) is 9.50. The molecule has 1 nitrogen and oxygen atoms in total. The predicted octanol–water partition coefficient (Wildman–Crippen LogP) is 4.28. The summed E-state index contributed by atoms with van der Waals surface area (Å²) in [5.74, 6) is -0.177. The zero-order valence-electron chi connectivity index (χ0n) is 9.50. The van der Waals surface area contributed by atoms with E-state index in [4.69, 9.17) is 0 Å². The Hall–Kier alpha value is -2.09. The Balaban J connectivity index is 2.34. The normalized spacial score (nSPS) is 10.9. The maximum absolute atomic E-state index is 13.9. The van der Waals surface area contributed by atoms with Crippen molar-refractivity contribution in [2.45, 2.75) is 6.92 Å². The van der Waals surface area contributed by atoms with E-state index < -0.39 is 0 Å². The second-order valence-electron chi connectivity index (χ2n) is 4.23. The van der Waals surface area contributed by atoms with Crippen LogP contribution in [-0.2, 0) is 0 Å². The third kappa shape index (κ3) is 1.62. The molecule has 84 valence electrons. The van der Waals surface area contributed by atoms with Gasteiger partial charge in [-0.25, -0.2) is 4.39 Å². The lowest BCUT2D eigenvalue weighted by Gasteiger charge is -2.06. The van der Waals surface area contributed by atoms with Crippen LogP contribution in [0.3, 0.4) is 0 Å². The van der Waals surface area contributed by atoms with Crippen molar-refractivity contribution in [2.24, 2.45) is 0 Å². The van der Waals surface area contributed by atoms with Gasteiger partial charge in [-0.05, 0) is 36.8 Å². The van der Waals surface area contributed by atoms with Gasteiger partial charge in [-0.2, -0.15) is 0 Å². The van der Waals surface area contributed by atoms with Gasteiger partial charge in [-0.1, -0.05) is 23.8 Å². The fourth-order valence-electron chi connectivity index (χ4n) is 2.17. The molecular weight excluding hydrogens is 213 g/mol. The second-order valence-corrected chi connectivity index (χ2v) is 4.23. The number of H-pyrrole nitrogens is 1. The molecule has 2 aromatic carbocycles. The highest BCUT2D eigenvalue weighted by Crippen LogP contribution is 2.30. The van der Waals surface area contributed by atoms with Gasteiger partial charge in [-0.3, -0.25) is 0 Å². The van der Waals surface area contributed by atoms with Gasteiger partial charge in [0.15, 0.2) is 0 Å². The molecule has 0 unspecified atom stereocenters. The van der Waals surface area contributed by atoms with E-state index in [2.05, 4.69) is 4.98 Å². The topological polar surface area (TPSA) is 15.8 Å². The predicted molar refractivity (Wildman–Crippen MR) is 68.4 cm³/mol.